The van der Waals surface area contributed by atoms with Crippen molar-refractivity contribution in [3.63, 3.8) is 0 Å². The third kappa shape index (κ3) is 5.30. The van der Waals surface area contributed by atoms with Crippen LogP contribution in [-0.2, 0) is 4.79 Å². The van der Waals surface area contributed by atoms with E-state index in [4.69, 9.17) is 16.3 Å². The average molecular weight is 493 g/mol. The Morgan fingerprint density at radius 1 is 1.03 bits per heavy atom. The molecule has 1 amide bonds. The van der Waals surface area contributed by atoms with Gasteiger partial charge in [-0.05, 0) is 49.4 Å². The lowest BCUT2D eigenvalue weighted by molar-refractivity contribution is -0.113. The number of methoxy groups -OCH3 is 1. The van der Waals surface area contributed by atoms with E-state index in [0.29, 0.717) is 33.0 Å². The Balaban J connectivity index is 1.58. The van der Waals surface area contributed by atoms with Crippen molar-refractivity contribution in [3.8, 4) is 22.8 Å². The first-order chi connectivity index (χ1) is 16.5. The summed E-state index contributed by atoms with van der Waals surface area (Å²) in [5, 5.41) is 12.5. The minimum absolute atomic E-state index is 0.0272. The number of benzene rings is 3. The number of ketones is 1. The number of hydrogen-bond acceptors (Lipinski definition) is 6. The second-order valence-corrected chi connectivity index (χ2v) is 8.65. The van der Waals surface area contributed by atoms with E-state index in [2.05, 4.69) is 15.5 Å². The number of amides is 1. The normalized spacial score (nSPS) is 10.7. The molecule has 0 atom stereocenters. The molecule has 9 heteroatoms. The van der Waals surface area contributed by atoms with Gasteiger partial charge in [-0.2, -0.15) is 0 Å². The highest BCUT2D eigenvalue weighted by Crippen LogP contribution is 2.32. The zero-order valence-electron chi connectivity index (χ0n) is 18.5. The first-order valence-corrected chi connectivity index (χ1v) is 11.7. The van der Waals surface area contributed by atoms with Gasteiger partial charge in [0.15, 0.2) is 16.8 Å². The molecule has 0 aliphatic carbocycles. The lowest BCUT2D eigenvalue weighted by atomic mass is 10.1. The van der Waals surface area contributed by atoms with Gasteiger partial charge in [0.2, 0.25) is 5.91 Å². The molecule has 0 radical (unpaired) electrons. The lowest BCUT2D eigenvalue weighted by Crippen LogP contribution is -2.14. The molecule has 1 aromatic heterocycles. The molecular formula is C25H21ClN4O3S. The Labute approximate surface area is 206 Å². The molecule has 0 fully saturated rings. The largest absolute Gasteiger partial charge is 0.495 e. The van der Waals surface area contributed by atoms with Crippen LogP contribution in [0.5, 0.6) is 5.75 Å². The van der Waals surface area contributed by atoms with Crippen LogP contribution in [-0.4, -0.2) is 39.3 Å². The molecule has 0 aliphatic rings. The number of ether oxygens (including phenoxy) is 1. The summed E-state index contributed by atoms with van der Waals surface area (Å²) in [5.74, 6) is 1.07. The molecule has 0 spiro atoms. The fraction of sp³-hybridized carbons (Fsp3) is 0.120. The number of rotatable bonds is 8. The molecule has 1 heterocycles. The molecule has 0 saturated heterocycles. The highest BCUT2D eigenvalue weighted by molar-refractivity contribution is 7.99. The first-order valence-electron chi connectivity index (χ1n) is 10.3. The van der Waals surface area contributed by atoms with E-state index < -0.39 is 0 Å². The SMILES string of the molecule is COc1ccc(-n2c(SCC(=O)Nc3ccc(C(C)=O)cc3)nnc2-c2ccccc2)cc1Cl. The number of nitrogens with one attached hydrogen (secondary N) is 1. The number of carbonyl (C=O) groups is 2. The minimum Gasteiger partial charge on any atom is -0.495 e. The van der Waals surface area contributed by atoms with Crippen molar-refractivity contribution >= 4 is 40.7 Å². The van der Waals surface area contributed by atoms with E-state index in [-0.39, 0.29) is 17.4 Å². The van der Waals surface area contributed by atoms with Gasteiger partial charge in [0.25, 0.3) is 0 Å². The fourth-order valence-electron chi connectivity index (χ4n) is 3.28. The van der Waals surface area contributed by atoms with Crippen LogP contribution >= 0.6 is 23.4 Å². The smallest absolute Gasteiger partial charge is 0.234 e. The number of nitrogens with zero attached hydrogens (tertiary/aromatic N) is 3. The standard InChI is InChI=1S/C25H21ClN4O3S/c1-16(31)17-8-10-19(11-9-17)27-23(32)15-34-25-29-28-24(18-6-4-3-5-7-18)30(25)20-12-13-22(33-2)21(26)14-20/h3-14H,15H2,1-2H3,(H,27,32). The van der Waals surface area contributed by atoms with Gasteiger partial charge < -0.3 is 10.1 Å². The zero-order valence-corrected chi connectivity index (χ0v) is 20.1. The minimum atomic E-state index is -0.204. The second kappa shape index (κ2) is 10.5. The molecule has 7 nitrogen and oxygen atoms in total. The Kier molecular flexibility index (Phi) is 7.30. The lowest BCUT2D eigenvalue weighted by Gasteiger charge is -2.12. The Morgan fingerprint density at radius 2 is 1.76 bits per heavy atom. The van der Waals surface area contributed by atoms with Crippen molar-refractivity contribution in [1.29, 1.82) is 0 Å². The maximum absolute atomic E-state index is 12.6. The van der Waals surface area contributed by atoms with Crippen molar-refractivity contribution in [1.82, 2.24) is 14.8 Å². The number of thioether (sulfide) groups is 1. The van der Waals surface area contributed by atoms with Crippen LogP contribution in [0.25, 0.3) is 17.1 Å². The molecule has 0 bridgehead atoms. The summed E-state index contributed by atoms with van der Waals surface area (Å²) in [4.78, 5) is 24.0. The van der Waals surface area contributed by atoms with Crippen LogP contribution < -0.4 is 10.1 Å². The van der Waals surface area contributed by atoms with Gasteiger partial charge in [-0.3, -0.25) is 14.2 Å². The summed E-state index contributed by atoms with van der Waals surface area (Å²) in [6.07, 6.45) is 0. The molecule has 3 aromatic carbocycles. The Bertz CT molecular complexity index is 1320. The monoisotopic (exact) mass is 492 g/mol. The van der Waals surface area contributed by atoms with Crippen LogP contribution in [0.15, 0.2) is 78.0 Å². The van der Waals surface area contributed by atoms with E-state index in [1.54, 1.807) is 43.5 Å². The highest BCUT2D eigenvalue weighted by atomic mass is 35.5. The average Bonchev–Trinajstić information content (AvgIpc) is 3.27. The topological polar surface area (TPSA) is 86.1 Å². The molecule has 1 N–H and O–H groups in total. The third-order valence-corrected chi connectivity index (χ3v) is 6.19. The summed E-state index contributed by atoms with van der Waals surface area (Å²) in [5.41, 5.74) is 2.83. The van der Waals surface area contributed by atoms with Crippen molar-refractivity contribution in [2.45, 2.75) is 12.1 Å². The Hall–Kier alpha value is -3.62. The summed E-state index contributed by atoms with van der Waals surface area (Å²) < 4.78 is 7.13. The van der Waals surface area contributed by atoms with Gasteiger partial charge >= 0.3 is 0 Å². The highest BCUT2D eigenvalue weighted by Gasteiger charge is 2.18. The zero-order chi connectivity index (χ0) is 24.1. The van der Waals surface area contributed by atoms with Gasteiger partial charge in [-0.15, -0.1) is 10.2 Å². The predicted octanol–water partition coefficient (Wildman–Crippen LogP) is 5.53. The van der Waals surface area contributed by atoms with Gasteiger partial charge in [-0.25, -0.2) is 0 Å². The van der Waals surface area contributed by atoms with Crippen molar-refractivity contribution in [3.05, 3.63) is 83.4 Å². The molecule has 0 saturated carbocycles. The number of halogens is 1. The molecule has 4 aromatic rings. The first kappa shape index (κ1) is 23.5. The van der Waals surface area contributed by atoms with Crippen LogP contribution in [0.1, 0.15) is 17.3 Å². The van der Waals surface area contributed by atoms with Gasteiger partial charge in [0.1, 0.15) is 5.75 Å². The summed E-state index contributed by atoms with van der Waals surface area (Å²) in [7, 11) is 1.56. The molecule has 4 rings (SSSR count). The van der Waals surface area contributed by atoms with Gasteiger partial charge in [0.05, 0.1) is 23.6 Å². The maximum Gasteiger partial charge on any atom is 0.234 e. The summed E-state index contributed by atoms with van der Waals surface area (Å²) in [6.45, 7) is 1.50. The number of carbonyl (C=O) groups excluding carboxylic acids is 2. The molecule has 172 valence electrons. The van der Waals surface area contributed by atoms with Crippen LogP contribution in [0.4, 0.5) is 5.69 Å². The number of hydrogen-bond donors (Lipinski definition) is 1. The maximum atomic E-state index is 12.6. The van der Waals surface area contributed by atoms with Crippen molar-refractivity contribution in [2.75, 3.05) is 18.2 Å². The molecule has 34 heavy (non-hydrogen) atoms. The number of aromatic nitrogens is 3. The number of anilines is 1. The van der Waals surface area contributed by atoms with E-state index in [1.165, 1.54) is 18.7 Å². The van der Waals surface area contributed by atoms with Crippen LogP contribution in [0.2, 0.25) is 5.02 Å². The van der Waals surface area contributed by atoms with Crippen molar-refractivity contribution < 1.29 is 14.3 Å². The summed E-state index contributed by atoms with van der Waals surface area (Å²) in [6, 6.07) is 21.8. The van der Waals surface area contributed by atoms with Gasteiger partial charge in [-0.1, -0.05) is 53.7 Å². The fourth-order valence-corrected chi connectivity index (χ4v) is 4.28. The Morgan fingerprint density at radius 3 is 2.41 bits per heavy atom. The van der Waals surface area contributed by atoms with E-state index >= 15 is 0 Å². The third-order valence-electron chi connectivity index (χ3n) is 4.97. The van der Waals surface area contributed by atoms with Crippen molar-refractivity contribution in [2.24, 2.45) is 0 Å². The van der Waals surface area contributed by atoms with Gasteiger partial charge in [0, 0.05) is 16.8 Å². The predicted molar refractivity (Wildman–Crippen MR) is 134 cm³/mol. The molecule has 0 aliphatic heterocycles. The molecule has 0 unspecified atom stereocenters. The van der Waals surface area contributed by atoms with Crippen LogP contribution in [0, 0.1) is 0 Å². The van der Waals surface area contributed by atoms with E-state index in [9.17, 15) is 9.59 Å². The quantitative estimate of drug-likeness (QED) is 0.257. The second-order valence-electron chi connectivity index (χ2n) is 7.30. The summed E-state index contributed by atoms with van der Waals surface area (Å²) >= 11 is 7.63. The number of Topliss-reactive ketones (excluding diaryl/α,β-unsaturated/α-hetero) is 1. The van der Waals surface area contributed by atoms with E-state index in [1.807, 2.05) is 41.0 Å². The van der Waals surface area contributed by atoms with Crippen LogP contribution in [0.3, 0.4) is 0 Å². The molecular weight excluding hydrogens is 472 g/mol. The van der Waals surface area contributed by atoms with E-state index in [0.717, 1.165) is 11.3 Å².